The molecule has 2 N–H and O–H groups in total. The van der Waals surface area contributed by atoms with Gasteiger partial charge in [-0.2, -0.15) is 0 Å². The highest BCUT2D eigenvalue weighted by molar-refractivity contribution is 5.42. The van der Waals surface area contributed by atoms with E-state index in [2.05, 4.69) is 18.3 Å². The topological polar surface area (TPSA) is 50.7 Å². The second-order valence-electron chi connectivity index (χ2n) is 6.42. The fourth-order valence-corrected chi connectivity index (χ4v) is 3.42. The van der Waals surface area contributed by atoms with Crippen molar-refractivity contribution >= 4 is 0 Å². The Balaban J connectivity index is 1.90. The normalized spacial score (nSPS) is 17.6. The fraction of sp³-hybridized carbons (Fsp3) is 0.667. The van der Waals surface area contributed by atoms with E-state index in [1.54, 1.807) is 14.2 Å². The zero-order valence-electron chi connectivity index (χ0n) is 14.0. The van der Waals surface area contributed by atoms with E-state index in [-0.39, 0.29) is 0 Å². The van der Waals surface area contributed by atoms with Crippen LogP contribution >= 0.6 is 0 Å². The second kappa shape index (κ2) is 7.84. The van der Waals surface area contributed by atoms with E-state index in [0.29, 0.717) is 17.9 Å². The molecule has 1 aliphatic carbocycles. The van der Waals surface area contributed by atoms with E-state index in [0.717, 1.165) is 31.0 Å². The lowest BCUT2D eigenvalue weighted by Gasteiger charge is -2.47. The molecule has 1 fully saturated rings. The van der Waals surface area contributed by atoms with Gasteiger partial charge in [0.25, 0.3) is 0 Å². The molecule has 22 heavy (non-hydrogen) atoms. The number of rotatable bonds is 9. The van der Waals surface area contributed by atoms with Crippen LogP contribution in [-0.2, 0) is 6.54 Å². The number of ether oxygens (including phenoxy) is 2. The minimum absolute atomic E-state index is 0.290. The summed E-state index contributed by atoms with van der Waals surface area (Å²) < 4.78 is 10.6. The lowest BCUT2D eigenvalue weighted by atomic mass is 9.60. The van der Waals surface area contributed by atoms with Crippen molar-refractivity contribution in [3.05, 3.63) is 23.8 Å². The molecular weight excluding hydrogens is 278 g/mol. The number of aliphatic hydroxyl groups is 1. The van der Waals surface area contributed by atoms with Crippen molar-refractivity contribution in [1.29, 1.82) is 0 Å². The summed E-state index contributed by atoms with van der Waals surface area (Å²) in [5.74, 6) is 2.11. The Bertz CT molecular complexity index is 471. The van der Waals surface area contributed by atoms with E-state index in [1.807, 2.05) is 12.1 Å². The number of hydrogen-bond donors (Lipinski definition) is 2. The average Bonchev–Trinajstić information content (AvgIpc) is 2.49. The first-order valence-electron chi connectivity index (χ1n) is 8.17. The monoisotopic (exact) mass is 307 g/mol. The largest absolute Gasteiger partial charge is 0.493 e. The van der Waals surface area contributed by atoms with E-state index in [9.17, 15) is 5.11 Å². The number of benzene rings is 1. The first-order valence-corrected chi connectivity index (χ1v) is 8.17. The van der Waals surface area contributed by atoms with Gasteiger partial charge >= 0.3 is 0 Å². The van der Waals surface area contributed by atoms with Gasteiger partial charge in [0.15, 0.2) is 11.5 Å². The van der Waals surface area contributed by atoms with Crippen LogP contribution in [0.25, 0.3) is 0 Å². The van der Waals surface area contributed by atoms with Gasteiger partial charge in [-0.15, -0.1) is 0 Å². The Morgan fingerprint density at radius 2 is 1.95 bits per heavy atom. The predicted octanol–water partition coefficient (Wildman–Crippen LogP) is 2.98. The van der Waals surface area contributed by atoms with Gasteiger partial charge in [-0.3, -0.25) is 0 Å². The lowest BCUT2D eigenvalue weighted by molar-refractivity contribution is 0.0427. The molecule has 4 nitrogen and oxygen atoms in total. The van der Waals surface area contributed by atoms with Crippen LogP contribution in [0.15, 0.2) is 18.2 Å². The molecule has 1 aromatic carbocycles. The summed E-state index contributed by atoms with van der Waals surface area (Å²) in [5, 5.41) is 12.8. The molecule has 1 aromatic rings. The summed E-state index contributed by atoms with van der Waals surface area (Å²) in [4.78, 5) is 0. The minimum Gasteiger partial charge on any atom is -0.493 e. The van der Waals surface area contributed by atoms with Crippen molar-refractivity contribution in [2.24, 2.45) is 11.3 Å². The van der Waals surface area contributed by atoms with Gasteiger partial charge in [0.05, 0.1) is 14.2 Å². The molecule has 0 amide bonds. The molecule has 0 saturated heterocycles. The molecule has 0 radical (unpaired) electrons. The van der Waals surface area contributed by atoms with E-state index in [4.69, 9.17) is 9.47 Å². The minimum atomic E-state index is 0.290. The van der Waals surface area contributed by atoms with Crippen LogP contribution in [0.4, 0.5) is 0 Å². The van der Waals surface area contributed by atoms with Crippen LogP contribution in [0, 0.1) is 11.3 Å². The molecule has 124 valence electrons. The summed E-state index contributed by atoms with van der Waals surface area (Å²) in [6, 6.07) is 6.04. The Labute approximate surface area is 133 Å². The average molecular weight is 307 g/mol. The summed E-state index contributed by atoms with van der Waals surface area (Å²) in [6.07, 6.45) is 4.76. The Morgan fingerprint density at radius 1 is 1.23 bits per heavy atom. The molecule has 0 heterocycles. The van der Waals surface area contributed by atoms with E-state index >= 15 is 0 Å². The van der Waals surface area contributed by atoms with E-state index < -0.39 is 0 Å². The van der Waals surface area contributed by atoms with Crippen LogP contribution in [0.1, 0.15) is 38.2 Å². The highest BCUT2D eigenvalue weighted by Gasteiger charge is 2.40. The molecule has 1 aliphatic rings. The van der Waals surface area contributed by atoms with Crippen molar-refractivity contribution in [2.45, 2.75) is 39.2 Å². The standard InChI is InChI=1S/C18H29NO3/c1-14(7-10-20)18(8-4-9-18)13-19-12-15-5-6-16(21-2)17(11-15)22-3/h5-6,11,14,19-20H,4,7-10,12-13H2,1-3H3/t14-/m1/s1. The maximum Gasteiger partial charge on any atom is 0.161 e. The molecule has 0 aliphatic heterocycles. The molecule has 0 unspecified atom stereocenters. The highest BCUT2D eigenvalue weighted by atomic mass is 16.5. The van der Waals surface area contributed by atoms with Crippen molar-refractivity contribution in [1.82, 2.24) is 5.32 Å². The molecular formula is C18H29NO3. The lowest BCUT2D eigenvalue weighted by Crippen LogP contribution is -2.44. The van der Waals surface area contributed by atoms with Crippen LogP contribution in [-0.4, -0.2) is 32.5 Å². The smallest absolute Gasteiger partial charge is 0.161 e. The van der Waals surface area contributed by atoms with Gasteiger partial charge in [-0.1, -0.05) is 19.4 Å². The van der Waals surface area contributed by atoms with Crippen LogP contribution < -0.4 is 14.8 Å². The van der Waals surface area contributed by atoms with Crippen molar-refractivity contribution in [3.8, 4) is 11.5 Å². The van der Waals surface area contributed by atoms with E-state index in [1.165, 1.54) is 24.8 Å². The summed E-state index contributed by atoms with van der Waals surface area (Å²) in [6.45, 7) is 4.41. The van der Waals surface area contributed by atoms with Crippen LogP contribution in [0.2, 0.25) is 0 Å². The quantitative estimate of drug-likeness (QED) is 0.736. The maximum atomic E-state index is 9.18. The number of methoxy groups -OCH3 is 2. The SMILES string of the molecule is COc1ccc(CNCC2([C@H](C)CCO)CCC2)cc1OC. The number of aliphatic hydroxyl groups excluding tert-OH is 1. The summed E-state index contributed by atoms with van der Waals surface area (Å²) >= 11 is 0. The fourth-order valence-electron chi connectivity index (χ4n) is 3.42. The first kappa shape index (κ1) is 17.1. The zero-order valence-corrected chi connectivity index (χ0v) is 14.0. The van der Waals surface area contributed by atoms with Gasteiger partial charge in [-0.25, -0.2) is 0 Å². The molecule has 1 saturated carbocycles. The zero-order chi connectivity index (χ0) is 16.0. The molecule has 0 bridgehead atoms. The third kappa shape index (κ3) is 3.73. The number of hydrogen-bond acceptors (Lipinski definition) is 4. The molecule has 1 atom stereocenters. The second-order valence-corrected chi connectivity index (χ2v) is 6.42. The Kier molecular flexibility index (Phi) is 6.09. The molecule has 0 aromatic heterocycles. The van der Waals surface area contributed by atoms with Crippen molar-refractivity contribution in [3.63, 3.8) is 0 Å². The molecule has 0 spiro atoms. The third-order valence-corrected chi connectivity index (χ3v) is 5.21. The van der Waals surface area contributed by atoms with Crippen LogP contribution in [0.5, 0.6) is 11.5 Å². The molecule has 2 rings (SSSR count). The highest BCUT2D eigenvalue weighted by Crippen LogP contribution is 2.47. The van der Waals surface area contributed by atoms with Gasteiger partial charge in [-0.05, 0) is 48.3 Å². The van der Waals surface area contributed by atoms with Gasteiger partial charge in [0, 0.05) is 19.7 Å². The van der Waals surface area contributed by atoms with Gasteiger partial charge in [0.2, 0.25) is 0 Å². The Hall–Kier alpha value is -1.26. The summed E-state index contributed by atoms with van der Waals surface area (Å²) in [5.41, 5.74) is 1.57. The van der Waals surface area contributed by atoms with Crippen molar-refractivity contribution in [2.75, 3.05) is 27.4 Å². The maximum absolute atomic E-state index is 9.18. The first-order chi connectivity index (χ1) is 10.6. The Morgan fingerprint density at radius 3 is 2.50 bits per heavy atom. The number of nitrogens with one attached hydrogen (secondary N) is 1. The third-order valence-electron chi connectivity index (χ3n) is 5.21. The van der Waals surface area contributed by atoms with Gasteiger partial charge < -0.3 is 19.9 Å². The summed E-state index contributed by atoms with van der Waals surface area (Å²) in [7, 11) is 3.31. The van der Waals surface area contributed by atoms with Crippen molar-refractivity contribution < 1.29 is 14.6 Å². The molecule has 4 heteroatoms. The van der Waals surface area contributed by atoms with Crippen LogP contribution in [0.3, 0.4) is 0 Å². The van der Waals surface area contributed by atoms with Gasteiger partial charge in [0.1, 0.15) is 0 Å². The predicted molar refractivity (Wildman–Crippen MR) is 88.4 cm³/mol.